The molecule has 6 nitrogen and oxygen atoms in total. The fourth-order valence-corrected chi connectivity index (χ4v) is 4.61. The summed E-state index contributed by atoms with van der Waals surface area (Å²) >= 11 is 7.50. The zero-order chi connectivity index (χ0) is 19.7. The fourth-order valence-electron chi connectivity index (χ4n) is 3.32. The maximum Gasteiger partial charge on any atom is 0.349 e. The number of hydrogen-bond acceptors (Lipinski definition) is 7. The van der Waals surface area contributed by atoms with Gasteiger partial charge in [0, 0.05) is 26.2 Å². The zero-order valence-corrected chi connectivity index (χ0v) is 17.4. The van der Waals surface area contributed by atoms with Crippen LogP contribution in [0.4, 0.5) is 5.82 Å². The van der Waals surface area contributed by atoms with Gasteiger partial charge in [-0.2, -0.15) is 4.98 Å². The molecule has 0 bridgehead atoms. The summed E-state index contributed by atoms with van der Waals surface area (Å²) in [6.45, 7) is 5.81. The highest BCUT2D eigenvalue weighted by atomic mass is 35.5. The minimum absolute atomic E-state index is 0.201. The molecule has 0 atom stereocenters. The van der Waals surface area contributed by atoms with Crippen molar-refractivity contribution in [1.29, 1.82) is 0 Å². The van der Waals surface area contributed by atoms with E-state index < -0.39 is 0 Å². The van der Waals surface area contributed by atoms with Gasteiger partial charge in [-0.15, -0.1) is 11.3 Å². The molecule has 3 heterocycles. The second-order valence-electron chi connectivity index (χ2n) is 6.90. The Labute approximate surface area is 172 Å². The van der Waals surface area contributed by atoms with Crippen LogP contribution in [0.1, 0.15) is 20.8 Å². The first-order valence-electron chi connectivity index (χ1n) is 9.14. The van der Waals surface area contributed by atoms with Gasteiger partial charge in [-0.05, 0) is 36.7 Å². The highest BCUT2D eigenvalue weighted by molar-refractivity contribution is 7.20. The smallest absolute Gasteiger partial charge is 0.349 e. The number of rotatable bonds is 4. The summed E-state index contributed by atoms with van der Waals surface area (Å²) in [7, 11) is 2.11. The summed E-state index contributed by atoms with van der Waals surface area (Å²) in [6.07, 6.45) is 0. The van der Waals surface area contributed by atoms with E-state index in [4.69, 9.17) is 16.3 Å². The Hall–Kier alpha value is -2.22. The van der Waals surface area contributed by atoms with Gasteiger partial charge < -0.3 is 14.5 Å². The first kappa shape index (κ1) is 19.1. The molecular formula is C20H21ClN4O2S. The third-order valence-electron chi connectivity index (χ3n) is 4.94. The second-order valence-corrected chi connectivity index (χ2v) is 8.24. The lowest BCUT2D eigenvalue weighted by Crippen LogP contribution is -2.45. The Morgan fingerprint density at radius 2 is 1.89 bits per heavy atom. The summed E-state index contributed by atoms with van der Waals surface area (Å²) in [4.78, 5) is 27.3. The van der Waals surface area contributed by atoms with Crippen molar-refractivity contribution in [2.75, 3.05) is 38.1 Å². The number of piperazine rings is 1. The van der Waals surface area contributed by atoms with Gasteiger partial charge in [0.05, 0.1) is 5.39 Å². The molecular weight excluding hydrogens is 396 g/mol. The Bertz CT molecular complexity index is 1000. The number of aromatic nitrogens is 2. The molecule has 1 aliphatic rings. The Kier molecular flexibility index (Phi) is 5.48. The quantitative estimate of drug-likeness (QED) is 0.476. The number of hydrogen-bond donors (Lipinski definition) is 0. The van der Waals surface area contributed by atoms with Crippen molar-refractivity contribution in [2.24, 2.45) is 0 Å². The summed E-state index contributed by atoms with van der Waals surface area (Å²) in [5.41, 5.74) is 1.80. The number of carbonyl (C=O) groups is 1. The first-order valence-corrected chi connectivity index (χ1v) is 10.3. The maximum atomic E-state index is 12.7. The van der Waals surface area contributed by atoms with Crippen LogP contribution in [0, 0.1) is 6.92 Å². The van der Waals surface area contributed by atoms with Crippen molar-refractivity contribution < 1.29 is 9.53 Å². The lowest BCUT2D eigenvalue weighted by Gasteiger charge is -2.33. The monoisotopic (exact) mass is 416 g/mol. The average molecular weight is 417 g/mol. The van der Waals surface area contributed by atoms with Gasteiger partial charge in [0.1, 0.15) is 22.1 Å². The third-order valence-corrected chi connectivity index (χ3v) is 6.28. The highest BCUT2D eigenvalue weighted by Gasteiger charge is 2.25. The van der Waals surface area contributed by atoms with Crippen molar-refractivity contribution in [3.05, 3.63) is 51.6 Å². The first-order chi connectivity index (χ1) is 13.5. The number of nitrogens with zero attached hydrogens (tertiary/aromatic N) is 4. The Morgan fingerprint density at radius 1 is 1.18 bits per heavy atom. The topological polar surface area (TPSA) is 58.6 Å². The average Bonchev–Trinajstić information content (AvgIpc) is 3.03. The largest absolute Gasteiger partial charge is 0.457 e. The molecule has 1 saturated heterocycles. The number of aryl methyl sites for hydroxylation is 1. The molecule has 0 spiro atoms. The van der Waals surface area contributed by atoms with Gasteiger partial charge in [0.15, 0.2) is 0 Å². The molecule has 3 aromatic rings. The second kappa shape index (κ2) is 8.03. The lowest BCUT2D eigenvalue weighted by atomic mass is 10.2. The van der Waals surface area contributed by atoms with E-state index in [0.29, 0.717) is 4.88 Å². The number of anilines is 1. The van der Waals surface area contributed by atoms with Crippen LogP contribution < -0.4 is 4.90 Å². The number of esters is 1. The molecule has 0 unspecified atom stereocenters. The summed E-state index contributed by atoms with van der Waals surface area (Å²) in [5, 5.41) is 1.09. The maximum absolute atomic E-state index is 12.7. The number of ether oxygens (including phenoxy) is 1. The van der Waals surface area contributed by atoms with Crippen LogP contribution in [0.15, 0.2) is 30.3 Å². The van der Waals surface area contributed by atoms with Gasteiger partial charge in [-0.1, -0.05) is 30.3 Å². The van der Waals surface area contributed by atoms with Gasteiger partial charge in [0.25, 0.3) is 0 Å². The fraction of sp³-hybridized carbons (Fsp3) is 0.350. The minimum Gasteiger partial charge on any atom is -0.457 e. The molecule has 146 valence electrons. The molecule has 0 amide bonds. The molecule has 8 heteroatoms. The van der Waals surface area contributed by atoms with E-state index in [0.717, 1.165) is 53.3 Å². The number of fused-ring (bicyclic) bond motifs is 1. The number of halogens is 1. The molecule has 1 aromatic carbocycles. The Morgan fingerprint density at radius 3 is 2.61 bits per heavy atom. The molecule has 0 radical (unpaired) electrons. The number of carbonyl (C=O) groups excluding carboxylic acids is 1. The van der Waals surface area contributed by atoms with Crippen molar-refractivity contribution in [3.8, 4) is 0 Å². The standard InChI is InChI=1S/C20H21ClN4O2S/c1-13-15-17(25-10-8-24(2)9-11-25)22-20(21)23-18(15)28-16(13)19(26)27-12-14-6-4-3-5-7-14/h3-7H,8-12H2,1-2H3. The molecule has 0 saturated carbocycles. The zero-order valence-electron chi connectivity index (χ0n) is 15.8. The van der Waals surface area contributed by atoms with E-state index in [1.807, 2.05) is 37.3 Å². The van der Waals surface area contributed by atoms with Crippen molar-refractivity contribution in [2.45, 2.75) is 13.5 Å². The molecule has 0 N–H and O–H groups in total. The predicted molar refractivity (Wildman–Crippen MR) is 112 cm³/mol. The molecule has 2 aromatic heterocycles. The van der Waals surface area contributed by atoms with Gasteiger partial charge >= 0.3 is 5.97 Å². The minimum atomic E-state index is -0.343. The molecule has 1 aliphatic heterocycles. The van der Waals surface area contributed by atoms with Crippen LogP contribution in [0.2, 0.25) is 5.28 Å². The number of benzene rings is 1. The van der Waals surface area contributed by atoms with Gasteiger partial charge in [-0.25, -0.2) is 9.78 Å². The van der Waals surface area contributed by atoms with E-state index in [-0.39, 0.29) is 17.9 Å². The van der Waals surface area contributed by atoms with Crippen LogP contribution in [-0.4, -0.2) is 54.1 Å². The summed E-state index contributed by atoms with van der Waals surface area (Å²) in [5.74, 6) is 0.462. The Balaban J connectivity index is 1.64. The van der Waals surface area contributed by atoms with Crippen LogP contribution >= 0.6 is 22.9 Å². The number of thiophene rings is 1. The lowest BCUT2D eigenvalue weighted by molar-refractivity contribution is 0.0478. The normalized spacial score (nSPS) is 15.2. The van der Waals surface area contributed by atoms with Gasteiger partial charge in [0.2, 0.25) is 5.28 Å². The summed E-state index contributed by atoms with van der Waals surface area (Å²) in [6, 6.07) is 9.65. The molecule has 1 fully saturated rings. The van der Waals surface area contributed by atoms with E-state index >= 15 is 0 Å². The van der Waals surface area contributed by atoms with Crippen molar-refractivity contribution in [3.63, 3.8) is 0 Å². The van der Waals surface area contributed by atoms with Crippen LogP contribution in [0.25, 0.3) is 10.2 Å². The van der Waals surface area contributed by atoms with Gasteiger partial charge in [-0.3, -0.25) is 0 Å². The van der Waals surface area contributed by atoms with E-state index in [2.05, 4.69) is 26.8 Å². The van der Waals surface area contributed by atoms with Crippen LogP contribution in [-0.2, 0) is 11.3 Å². The van der Waals surface area contributed by atoms with Crippen molar-refractivity contribution in [1.82, 2.24) is 14.9 Å². The van der Waals surface area contributed by atoms with Crippen LogP contribution in [0.3, 0.4) is 0 Å². The number of likely N-dealkylation sites (N-methyl/N-ethyl adjacent to an activating group) is 1. The molecule has 4 rings (SSSR count). The third kappa shape index (κ3) is 3.83. The predicted octanol–water partition coefficient (Wildman–Crippen LogP) is 3.76. The van der Waals surface area contributed by atoms with Crippen LogP contribution in [0.5, 0.6) is 0 Å². The molecule has 28 heavy (non-hydrogen) atoms. The van der Waals surface area contributed by atoms with E-state index in [1.165, 1.54) is 11.3 Å². The SMILES string of the molecule is Cc1c(C(=O)OCc2ccccc2)sc2nc(Cl)nc(N3CCN(C)CC3)c12. The summed E-state index contributed by atoms with van der Waals surface area (Å²) < 4.78 is 5.52. The van der Waals surface area contributed by atoms with Crippen molar-refractivity contribution >= 4 is 44.9 Å². The highest BCUT2D eigenvalue weighted by Crippen LogP contribution is 2.37. The molecule has 0 aliphatic carbocycles. The van der Waals surface area contributed by atoms with E-state index in [9.17, 15) is 4.79 Å². The van der Waals surface area contributed by atoms with E-state index in [1.54, 1.807) is 0 Å².